The second-order valence-electron chi connectivity index (χ2n) is 11.7. The highest BCUT2D eigenvalue weighted by Gasteiger charge is 2.54. The molecule has 0 radical (unpaired) electrons. The molecule has 3 aromatic carbocycles. The minimum Gasteiger partial charge on any atom is -1.00 e. The van der Waals surface area contributed by atoms with Crippen LogP contribution < -0.4 is 32.4 Å². The Balaban J connectivity index is 0.00000384. The summed E-state index contributed by atoms with van der Waals surface area (Å²) in [4.78, 5) is 29.0. The minimum atomic E-state index is -0.457. The number of carbonyl (C=O) groups is 1. The van der Waals surface area contributed by atoms with Gasteiger partial charge in [-0.15, -0.1) is 6.58 Å². The van der Waals surface area contributed by atoms with Crippen LogP contribution in [0.25, 0.3) is 10.9 Å². The van der Waals surface area contributed by atoms with Gasteiger partial charge in [0.15, 0.2) is 0 Å². The molecule has 44 heavy (non-hydrogen) atoms. The van der Waals surface area contributed by atoms with Crippen LogP contribution in [0.15, 0.2) is 97.7 Å². The molecule has 7 rings (SSSR count). The number of ether oxygens (including phenoxy) is 1. The second-order valence-corrected chi connectivity index (χ2v) is 11.7. The summed E-state index contributed by atoms with van der Waals surface area (Å²) in [5.74, 6) is 1.63. The van der Waals surface area contributed by atoms with Gasteiger partial charge in [-0.25, -0.2) is 4.79 Å². The first kappa shape index (κ1) is 31.2. The molecule has 9 nitrogen and oxygen atoms in total. The zero-order valence-electron chi connectivity index (χ0n) is 24.6. The van der Waals surface area contributed by atoms with Gasteiger partial charge in [-0.2, -0.15) is 0 Å². The van der Waals surface area contributed by atoms with Gasteiger partial charge in [0, 0.05) is 53.7 Å². The lowest BCUT2D eigenvalue weighted by molar-refractivity contribution is -0.983. The summed E-state index contributed by atoms with van der Waals surface area (Å²) < 4.78 is 6.42. The highest BCUT2D eigenvalue weighted by molar-refractivity contribution is 5.91. The Kier molecular flexibility index (Phi) is 9.31. The zero-order chi connectivity index (χ0) is 30.0. The molecule has 3 fully saturated rings. The summed E-state index contributed by atoms with van der Waals surface area (Å²) in [7, 11) is 1.64. The van der Waals surface area contributed by atoms with Gasteiger partial charge >= 0.3 is 6.03 Å². The van der Waals surface area contributed by atoms with Crippen molar-refractivity contribution in [2.75, 3.05) is 25.5 Å². The molecular weight excluding hydrogens is 622 g/mol. The summed E-state index contributed by atoms with van der Waals surface area (Å²) >= 11 is 0. The number of methoxy groups -OCH3 is 1. The number of nitro groups is 1. The summed E-state index contributed by atoms with van der Waals surface area (Å²) in [5.41, 5.74) is 3.53. The molecule has 2 bridgehead atoms. The molecule has 0 aliphatic carbocycles. The predicted molar refractivity (Wildman–Crippen MR) is 167 cm³/mol. The van der Waals surface area contributed by atoms with Gasteiger partial charge in [0.05, 0.1) is 30.6 Å². The number of halogens is 1. The van der Waals surface area contributed by atoms with Crippen molar-refractivity contribution in [3.05, 3.63) is 119 Å². The van der Waals surface area contributed by atoms with E-state index in [1.165, 1.54) is 17.7 Å². The van der Waals surface area contributed by atoms with E-state index in [2.05, 4.69) is 52.5 Å². The number of piperidine rings is 3. The van der Waals surface area contributed by atoms with Crippen LogP contribution in [-0.2, 0) is 6.54 Å². The van der Waals surface area contributed by atoms with Crippen LogP contribution >= 0.6 is 0 Å². The van der Waals surface area contributed by atoms with Gasteiger partial charge in [-0.1, -0.05) is 36.4 Å². The number of hydrogen-bond donors (Lipinski definition) is 2. The first-order valence-corrected chi connectivity index (χ1v) is 14.7. The molecule has 0 saturated carbocycles. The van der Waals surface area contributed by atoms with E-state index in [-0.39, 0.29) is 40.8 Å². The molecule has 0 spiro atoms. The first-order chi connectivity index (χ1) is 20.9. The number of non-ortho nitro benzene ring substituents is 1. The van der Waals surface area contributed by atoms with Gasteiger partial charge in [0.2, 0.25) is 0 Å². The fourth-order valence-electron chi connectivity index (χ4n) is 7.25. The average molecular weight is 659 g/mol. The number of hydrogen-bond acceptors (Lipinski definition) is 5. The maximum atomic E-state index is 13.7. The van der Waals surface area contributed by atoms with E-state index >= 15 is 0 Å². The van der Waals surface area contributed by atoms with Gasteiger partial charge in [-0.3, -0.25) is 15.1 Å². The number of nitro benzene ring substituents is 1. The highest BCUT2D eigenvalue weighted by atomic mass is 79.9. The third-order valence-electron chi connectivity index (χ3n) is 9.34. The average Bonchev–Trinajstić information content (AvgIpc) is 3.04. The van der Waals surface area contributed by atoms with Crippen molar-refractivity contribution in [1.29, 1.82) is 0 Å². The lowest BCUT2D eigenvalue weighted by atomic mass is 9.70. The zero-order valence-corrected chi connectivity index (χ0v) is 26.2. The Morgan fingerprint density at radius 1 is 1.16 bits per heavy atom. The van der Waals surface area contributed by atoms with E-state index < -0.39 is 4.92 Å². The molecule has 1 aromatic heterocycles. The van der Waals surface area contributed by atoms with Crippen molar-refractivity contribution >= 4 is 28.3 Å². The Morgan fingerprint density at radius 3 is 2.64 bits per heavy atom. The quantitative estimate of drug-likeness (QED) is 0.124. The molecule has 4 aromatic rings. The molecule has 228 valence electrons. The highest BCUT2D eigenvalue weighted by Crippen LogP contribution is 2.48. The normalized spacial score (nSPS) is 22.8. The van der Waals surface area contributed by atoms with Crippen LogP contribution in [0.4, 0.5) is 16.2 Å². The topological polar surface area (TPSA) is 106 Å². The van der Waals surface area contributed by atoms with E-state index in [4.69, 9.17) is 4.74 Å². The van der Waals surface area contributed by atoms with E-state index in [0.717, 1.165) is 59.2 Å². The molecule has 4 unspecified atom stereocenters. The monoisotopic (exact) mass is 657 g/mol. The number of nitrogens with zero attached hydrogens (tertiary/aromatic N) is 3. The van der Waals surface area contributed by atoms with Crippen molar-refractivity contribution in [3.8, 4) is 5.75 Å². The van der Waals surface area contributed by atoms with Crippen molar-refractivity contribution in [3.63, 3.8) is 0 Å². The molecule has 5 atom stereocenters. The van der Waals surface area contributed by atoms with Crippen molar-refractivity contribution in [2.45, 2.75) is 31.5 Å². The van der Waals surface area contributed by atoms with E-state index in [1.807, 2.05) is 30.3 Å². The molecular formula is C34H36BrN5O4. The van der Waals surface area contributed by atoms with E-state index in [0.29, 0.717) is 17.5 Å². The molecule has 3 aliphatic rings. The lowest BCUT2D eigenvalue weighted by Crippen LogP contribution is -3.00. The molecule has 2 N–H and O–H groups in total. The number of aromatic nitrogens is 1. The minimum absolute atomic E-state index is 0. The maximum absolute atomic E-state index is 13.7. The van der Waals surface area contributed by atoms with Gasteiger partial charge < -0.3 is 36.8 Å². The summed E-state index contributed by atoms with van der Waals surface area (Å²) in [6.45, 7) is 7.02. The van der Waals surface area contributed by atoms with Crippen LogP contribution in [0.2, 0.25) is 0 Å². The Hall–Kier alpha value is -4.28. The number of benzene rings is 3. The predicted octanol–water partition coefficient (Wildman–Crippen LogP) is 3.63. The lowest BCUT2D eigenvalue weighted by Gasteiger charge is -2.58. The number of pyridine rings is 1. The SMILES string of the molecule is C=CC1C[N+]2(Cc3ccccc3)CCC1CC2[C@@H](NC(=O)Nc1ccc([N+](=O)[O-])cc1)c1ccnc2ccc(OC)cc12.[Br-]. The van der Waals surface area contributed by atoms with Crippen molar-refractivity contribution < 1.29 is 35.9 Å². The standard InChI is InChI=1S/C34H35N5O4.BrH/c1-3-24-22-39(21-23-7-5-4-6-8-23)18-16-25(24)19-32(39)33(29-15-17-35-31-14-13-28(43-2)20-30(29)31)37-34(40)36-26-9-11-27(12-10-26)38(41)42;/h3-15,17,20,24-25,32-33H,1,16,18-19,21-22H2,2H3,(H-,36,37,40);1H/t24?,25?,32?,33-,39?;/m0./s1. The maximum Gasteiger partial charge on any atom is 0.319 e. The van der Waals surface area contributed by atoms with Crippen molar-refractivity contribution in [2.24, 2.45) is 11.8 Å². The molecule has 4 heterocycles. The Morgan fingerprint density at radius 2 is 1.93 bits per heavy atom. The number of carbonyl (C=O) groups excluding carboxylic acids is 1. The third-order valence-corrected chi connectivity index (χ3v) is 9.34. The van der Waals surface area contributed by atoms with E-state index in [9.17, 15) is 14.9 Å². The first-order valence-electron chi connectivity index (χ1n) is 14.7. The fourth-order valence-corrected chi connectivity index (χ4v) is 7.25. The summed E-state index contributed by atoms with van der Waals surface area (Å²) in [5, 5.41) is 18.3. The van der Waals surface area contributed by atoms with Crippen LogP contribution in [-0.4, -0.2) is 46.7 Å². The molecule has 10 heteroatoms. The largest absolute Gasteiger partial charge is 1.00 e. The second kappa shape index (κ2) is 13.2. The number of urea groups is 1. The Bertz CT molecular complexity index is 1650. The number of nitrogens with one attached hydrogen (secondary N) is 2. The van der Waals surface area contributed by atoms with Gasteiger partial charge in [-0.05, 0) is 47.9 Å². The number of rotatable bonds is 9. The smallest absolute Gasteiger partial charge is 0.319 e. The van der Waals surface area contributed by atoms with Gasteiger partial charge in [0.25, 0.3) is 5.69 Å². The van der Waals surface area contributed by atoms with Crippen LogP contribution in [0.3, 0.4) is 0 Å². The van der Waals surface area contributed by atoms with Crippen LogP contribution in [0.5, 0.6) is 5.75 Å². The third kappa shape index (κ3) is 6.18. The Labute approximate surface area is 267 Å². The molecule has 3 saturated heterocycles. The fraction of sp³-hybridized carbons (Fsp3) is 0.294. The number of fused-ring (bicyclic) bond motifs is 4. The molecule has 3 aliphatic heterocycles. The number of quaternary nitrogens is 1. The molecule has 2 amide bonds. The van der Waals surface area contributed by atoms with Gasteiger partial charge in [0.1, 0.15) is 24.4 Å². The van der Waals surface area contributed by atoms with E-state index in [1.54, 1.807) is 25.4 Å². The summed E-state index contributed by atoms with van der Waals surface area (Å²) in [6.07, 6.45) is 5.98. The van der Waals surface area contributed by atoms with Crippen LogP contribution in [0, 0.1) is 22.0 Å². The number of anilines is 1. The summed E-state index contributed by atoms with van der Waals surface area (Å²) in [6, 6.07) is 23.7. The number of amides is 2. The van der Waals surface area contributed by atoms with Crippen LogP contribution in [0.1, 0.15) is 30.0 Å². The van der Waals surface area contributed by atoms with Crippen molar-refractivity contribution in [1.82, 2.24) is 10.3 Å².